The number of aliphatic hydroxyl groups is 4. The quantitative estimate of drug-likeness (QED) is 0.0445. The molecule has 50 heavy (non-hydrogen) atoms. The molecule has 2 heterocycles. The van der Waals surface area contributed by atoms with Crippen molar-refractivity contribution in [3.63, 3.8) is 0 Å². The fourth-order valence-corrected chi connectivity index (χ4v) is 7.50. The van der Waals surface area contributed by atoms with Crippen molar-refractivity contribution in [3.05, 3.63) is 11.6 Å². The van der Waals surface area contributed by atoms with Crippen molar-refractivity contribution in [2.24, 2.45) is 0 Å². The lowest BCUT2D eigenvalue weighted by molar-refractivity contribution is -0.331. The number of amides is 2. The van der Waals surface area contributed by atoms with E-state index in [0.29, 0.717) is 0 Å². The number of phosphoric acid groups is 2. The minimum absolute atomic E-state index is 0.117. The van der Waals surface area contributed by atoms with Gasteiger partial charge in [0.15, 0.2) is 20.4 Å². The molecule has 288 valence electrons. The molecule has 2 saturated heterocycles. The zero-order chi connectivity index (χ0) is 38.4. The summed E-state index contributed by atoms with van der Waals surface area (Å²) in [5.74, 6) is -1.49. The average Bonchev–Trinajstić information content (AvgIpc) is 2.96. The SMILES string of the molecule is BC(=O)[C@@H](C)O[C@@H]1[C@@H](NC(C)=O)[C@@H](OP(=O)(O)OP(=O)(O)OC(C)(C)CC=C(C)C)O[C@H](CO)[C@H]1O[C@H]1O[C@H](CO)[C@@H](O)[C@H](O)[C@H]1NC(C)=O. The van der Waals surface area contributed by atoms with Gasteiger partial charge in [-0.25, -0.2) is 9.13 Å². The van der Waals surface area contributed by atoms with Crippen LogP contribution < -0.4 is 10.6 Å². The van der Waals surface area contributed by atoms with E-state index in [-0.39, 0.29) is 6.42 Å². The molecule has 0 bridgehead atoms. The van der Waals surface area contributed by atoms with Gasteiger partial charge in [-0.3, -0.25) is 18.6 Å². The predicted molar refractivity (Wildman–Crippen MR) is 173 cm³/mol. The van der Waals surface area contributed by atoms with Crippen LogP contribution in [0, 0.1) is 0 Å². The summed E-state index contributed by atoms with van der Waals surface area (Å²) in [4.78, 5) is 57.6. The molecule has 2 aliphatic heterocycles. The Morgan fingerprint density at radius 1 is 0.880 bits per heavy atom. The molecule has 2 aliphatic rings. The number of allylic oxidation sites excluding steroid dienone is 1. The fraction of sp³-hybridized carbons (Fsp3) is 0.815. The van der Waals surface area contributed by atoms with Crippen molar-refractivity contribution in [1.82, 2.24) is 10.6 Å². The van der Waals surface area contributed by atoms with Crippen molar-refractivity contribution in [2.75, 3.05) is 13.2 Å². The molecule has 0 radical (unpaired) electrons. The molecule has 0 aliphatic carbocycles. The van der Waals surface area contributed by atoms with E-state index in [9.17, 15) is 53.7 Å². The Kier molecular flexibility index (Phi) is 16.4. The Morgan fingerprint density at radius 3 is 1.92 bits per heavy atom. The van der Waals surface area contributed by atoms with Gasteiger partial charge in [-0.05, 0) is 41.0 Å². The van der Waals surface area contributed by atoms with Crippen LogP contribution in [0.1, 0.15) is 54.9 Å². The molecule has 2 unspecified atom stereocenters. The summed E-state index contributed by atoms with van der Waals surface area (Å²) in [5, 5.41) is 46.0. The highest BCUT2D eigenvalue weighted by Crippen LogP contribution is 2.63. The second-order valence-electron chi connectivity index (χ2n) is 12.8. The first-order valence-corrected chi connectivity index (χ1v) is 18.6. The van der Waals surface area contributed by atoms with Gasteiger partial charge in [0.25, 0.3) is 0 Å². The largest absolute Gasteiger partial charge is 0.483 e. The lowest BCUT2D eigenvalue weighted by Gasteiger charge is -2.49. The van der Waals surface area contributed by atoms with E-state index in [1.807, 2.05) is 0 Å². The topological polar surface area (TPSA) is 295 Å². The van der Waals surface area contributed by atoms with Gasteiger partial charge < -0.3 is 64.6 Å². The third-order valence-electron chi connectivity index (χ3n) is 7.48. The van der Waals surface area contributed by atoms with E-state index in [4.69, 9.17) is 28.0 Å². The van der Waals surface area contributed by atoms with E-state index in [2.05, 4.69) is 14.9 Å². The summed E-state index contributed by atoms with van der Waals surface area (Å²) in [6, 6.07) is -3.19. The third-order valence-corrected chi connectivity index (χ3v) is 10.3. The number of hydrogen-bond acceptors (Lipinski definition) is 16. The highest BCUT2D eigenvalue weighted by Gasteiger charge is 2.55. The van der Waals surface area contributed by atoms with Crippen molar-refractivity contribution in [1.29, 1.82) is 0 Å². The maximum Gasteiger partial charge on any atom is 0.483 e. The van der Waals surface area contributed by atoms with Crippen LogP contribution in [0.3, 0.4) is 0 Å². The number of aliphatic hydroxyl groups excluding tert-OH is 4. The van der Waals surface area contributed by atoms with Crippen LogP contribution in [0.15, 0.2) is 11.6 Å². The first kappa shape index (κ1) is 44.5. The normalized spacial score (nSPS) is 33.3. The number of phosphoric ester groups is 2. The minimum atomic E-state index is -5.65. The molecule has 20 nitrogen and oxygen atoms in total. The maximum absolute atomic E-state index is 13.2. The fourth-order valence-electron chi connectivity index (χ4n) is 5.02. The van der Waals surface area contributed by atoms with Crippen LogP contribution in [-0.4, -0.2) is 142 Å². The molecule has 0 saturated carbocycles. The first-order valence-electron chi connectivity index (χ1n) is 15.6. The zero-order valence-corrected chi connectivity index (χ0v) is 30.8. The van der Waals surface area contributed by atoms with Crippen LogP contribution in [0.4, 0.5) is 0 Å². The molecule has 2 amide bonds. The monoisotopic (exact) mass is 762 g/mol. The van der Waals surface area contributed by atoms with Crippen molar-refractivity contribution in [2.45, 2.75) is 128 Å². The third kappa shape index (κ3) is 13.1. The van der Waals surface area contributed by atoms with E-state index >= 15 is 0 Å². The molecular formula is C27H49BN2O18P2. The Balaban J connectivity index is 2.53. The average molecular weight is 762 g/mol. The number of rotatable bonds is 17. The van der Waals surface area contributed by atoms with Gasteiger partial charge in [-0.2, -0.15) is 4.31 Å². The number of hydrogen-bond donors (Lipinski definition) is 8. The van der Waals surface area contributed by atoms with Gasteiger partial charge in [0, 0.05) is 13.8 Å². The van der Waals surface area contributed by atoms with Gasteiger partial charge in [-0.15, -0.1) is 0 Å². The summed E-state index contributed by atoms with van der Waals surface area (Å²) in [5.41, 5.74) is -1.03. The van der Waals surface area contributed by atoms with E-state index in [1.165, 1.54) is 28.6 Å². The van der Waals surface area contributed by atoms with Crippen LogP contribution in [0.25, 0.3) is 0 Å². The smallest absolute Gasteiger partial charge is 0.394 e. The second kappa shape index (κ2) is 18.4. The summed E-state index contributed by atoms with van der Waals surface area (Å²) in [7, 11) is -9.82. The zero-order valence-electron chi connectivity index (χ0n) is 29.0. The van der Waals surface area contributed by atoms with E-state index in [0.717, 1.165) is 19.4 Å². The summed E-state index contributed by atoms with van der Waals surface area (Å²) in [6.07, 6.45) is -13.0. The first-order chi connectivity index (χ1) is 22.9. The molecule has 2 fully saturated rings. The molecule has 8 N–H and O–H groups in total. The Hall–Kier alpha value is -1.65. The van der Waals surface area contributed by atoms with Crippen LogP contribution in [-0.2, 0) is 55.8 Å². The van der Waals surface area contributed by atoms with Crippen LogP contribution >= 0.6 is 15.6 Å². The second-order valence-corrected chi connectivity index (χ2v) is 15.7. The molecule has 23 heteroatoms. The predicted octanol–water partition coefficient (Wildman–Crippen LogP) is -2.14. The molecule has 0 aromatic rings. The highest BCUT2D eigenvalue weighted by molar-refractivity contribution is 7.61. The van der Waals surface area contributed by atoms with E-state index in [1.54, 1.807) is 19.9 Å². The Labute approximate surface area is 290 Å². The van der Waals surface area contributed by atoms with Gasteiger partial charge >= 0.3 is 15.6 Å². The molecule has 2 rings (SSSR count). The number of carbonyl (C=O) groups is 3. The molecular weight excluding hydrogens is 713 g/mol. The summed E-state index contributed by atoms with van der Waals surface area (Å²) in [6.45, 7) is 8.10. The maximum atomic E-state index is 13.2. The Morgan fingerprint density at radius 2 is 1.42 bits per heavy atom. The molecule has 0 spiro atoms. The highest BCUT2D eigenvalue weighted by atomic mass is 31.3. The number of ether oxygens (including phenoxy) is 4. The molecule has 0 aromatic heterocycles. The van der Waals surface area contributed by atoms with Crippen LogP contribution in [0.2, 0.25) is 0 Å². The van der Waals surface area contributed by atoms with Crippen molar-refractivity contribution >= 4 is 41.0 Å². The van der Waals surface area contributed by atoms with E-state index < -0.39 is 119 Å². The molecule has 13 atom stereocenters. The Bertz CT molecular complexity index is 1320. The summed E-state index contributed by atoms with van der Waals surface area (Å²) < 4.78 is 64.0. The number of nitrogens with one attached hydrogen (secondary N) is 2. The van der Waals surface area contributed by atoms with Gasteiger partial charge in [0.2, 0.25) is 11.8 Å². The minimum Gasteiger partial charge on any atom is -0.394 e. The summed E-state index contributed by atoms with van der Waals surface area (Å²) >= 11 is 0. The molecule has 0 aromatic carbocycles. The lowest BCUT2D eigenvalue weighted by atomic mass is 9.93. The van der Waals surface area contributed by atoms with Crippen LogP contribution in [0.5, 0.6) is 0 Å². The number of carbonyl (C=O) groups excluding carboxylic acids is 3. The van der Waals surface area contributed by atoms with Gasteiger partial charge in [-0.1, -0.05) is 11.6 Å². The van der Waals surface area contributed by atoms with Gasteiger partial charge in [0.05, 0.1) is 18.8 Å². The van der Waals surface area contributed by atoms with Crippen molar-refractivity contribution in [3.8, 4) is 0 Å². The van der Waals surface area contributed by atoms with Crippen molar-refractivity contribution < 1.29 is 86.0 Å². The standard InChI is InChI=1S/C27H49BN2O18P2/c1-12(2)8-9-27(6,7)47-50(40,41)48-49(38,39)46-26-19(30-15(5)34)23(42-13(3)24(28)37)22(17(11-32)44-26)45-25-18(29-14(4)33)21(36)20(35)16(10-31)43-25/h8,13,16-23,25-26,31-32,35-36H,9-11,28H2,1-7H3,(H,29,33)(H,30,34)(H,38,39)(H,40,41)/t13-,16-,17-,18-,19-,20-,21-,22-,23-,25-,26-/m1/s1. The lowest BCUT2D eigenvalue weighted by Crippen LogP contribution is -2.70. The van der Waals surface area contributed by atoms with Gasteiger partial charge in [0.1, 0.15) is 60.5 Å².